The predicted octanol–water partition coefficient (Wildman–Crippen LogP) is 1.94. The highest BCUT2D eigenvalue weighted by Crippen LogP contribution is 2.65. The Bertz CT molecular complexity index is 324. The Morgan fingerprint density at radius 3 is 2.14 bits per heavy atom. The van der Waals surface area contributed by atoms with Gasteiger partial charge < -0.3 is 4.74 Å². The Labute approximate surface area is 83.7 Å². The van der Waals surface area contributed by atoms with E-state index in [1.54, 1.807) is 6.92 Å². The number of carbonyl (C=O) groups is 1. The molecular weight excluding hydrogens is 180 g/mol. The topological polar surface area (TPSA) is 51.0 Å². The molecule has 0 radical (unpaired) electrons. The van der Waals surface area contributed by atoms with Crippen LogP contribution >= 0.6 is 0 Å². The van der Waals surface area contributed by atoms with E-state index in [0.29, 0.717) is 6.42 Å². The summed E-state index contributed by atoms with van der Waals surface area (Å²) >= 11 is 0. The van der Waals surface area contributed by atoms with E-state index in [9.17, 15) is 4.79 Å². The van der Waals surface area contributed by atoms with Gasteiger partial charge in [-0.2, -0.15) is 10.2 Å². The van der Waals surface area contributed by atoms with Gasteiger partial charge in [0.25, 0.3) is 0 Å². The van der Waals surface area contributed by atoms with Crippen LogP contribution in [0.5, 0.6) is 0 Å². The number of hydrogen-bond acceptors (Lipinski definition) is 4. The van der Waals surface area contributed by atoms with E-state index in [1.807, 2.05) is 0 Å². The van der Waals surface area contributed by atoms with Crippen molar-refractivity contribution in [2.24, 2.45) is 15.6 Å². The van der Waals surface area contributed by atoms with E-state index >= 15 is 0 Å². The molecule has 1 spiro atoms. The van der Waals surface area contributed by atoms with Crippen LogP contribution in [0.2, 0.25) is 0 Å². The second-order valence-electron chi connectivity index (χ2n) is 5.23. The van der Waals surface area contributed by atoms with Gasteiger partial charge in [0.15, 0.2) is 5.54 Å². The van der Waals surface area contributed by atoms with Crippen LogP contribution in [-0.2, 0) is 9.53 Å². The largest absolute Gasteiger partial charge is 0.467 e. The van der Waals surface area contributed by atoms with Gasteiger partial charge in [0.05, 0.1) is 12.6 Å². The summed E-state index contributed by atoms with van der Waals surface area (Å²) < 4.78 is 4.73. The average molecular weight is 196 g/mol. The number of methoxy groups -OCH3 is 1. The Morgan fingerprint density at radius 1 is 1.21 bits per heavy atom. The lowest BCUT2D eigenvalue weighted by Gasteiger charge is -2.17. The highest BCUT2D eigenvalue weighted by Gasteiger charge is 2.68. The maximum atomic E-state index is 11.5. The zero-order valence-electron chi connectivity index (χ0n) is 9.13. The SMILES string of the molecule is COC(=O)[C@@]1(C)C[C@]2(CC2(C)C)N=N1. The Morgan fingerprint density at radius 2 is 1.79 bits per heavy atom. The molecule has 1 fully saturated rings. The van der Waals surface area contributed by atoms with E-state index in [-0.39, 0.29) is 16.9 Å². The first-order chi connectivity index (χ1) is 6.35. The number of azo groups is 1. The monoisotopic (exact) mass is 196 g/mol. The van der Waals surface area contributed by atoms with Crippen molar-refractivity contribution in [3.63, 3.8) is 0 Å². The Kier molecular flexibility index (Phi) is 1.62. The lowest BCUT2D eigenvalue weighted by Crippen LogP contribution is -2.35. The van der Waals surface area contributed by atoms with Crippen LogP contribution < -0.4 is 0 Å². The van der Waals surface area contributed by atoms with Gasteiger partial charge in [0.1, 0.15) is 0 Å². The molecule has 0 aromatic rings. The lowest BCUT2D eigenvalue weighted by atomic mass is 9.90. The highest BCUT2D eigenvalue weighted by molar-refractivity contribution is 5.81. The molecule has 4 heteroatoms. The first-order valence-corrected chi connectivity index (χ1v) is 4.88. The second kappa shape index (κ2) is 2.35. The van der Waals surface area contributed by atoms with Crippen molar-refractivity contribution in [2.45, 2.75) is 44.7 Å². The van der Waals surface area contributed by atoms with E-state index in [1.165, 1.54) is 7.11 Å². The summed E-state index contributed by atoms with van der Waals surface area (Å²) in [7, 11) is 1.39. The molecule has 0 aromatic heterocycles. The molecular formula is C10H16N2O2. The van der Waals surface area contributed by atoms with Crippen LogP contribution in [0.4, 0.5) is 0 Å². The lowest BCUT2D eigenvalue weighted by molar-refractivity contribution is -0.146. The van der Waals surface area contributed by atoms with Gasteiger partial charge in [-0.25, -0.2) is 4.79 Å². The van der Waals surface area contributed by atoms with Gasteiger partial charge in [-0.3, -0.25) is 0 Å². The second-order valence-corrected chi connectivity index (χ2v) is 5.23. The number of nitrogens with zero attached hydrogens (tertiary/aromatic N) is 2. The molecule has 0 unspecified atom stereocenters. The molecule has 1 aliphatic heterocycles. The molecule has 0 N–H and O–H groups in total. The minimum atomic E-state index is -0.748. The molecule has 2 rings (SSSR count). The summed E-state index contributed by atoms with van der Waals surface area (Å²) in [5.41, 5.74) is -0.638. The van der Waals surface area contributed by atoms with Crippen LogP contribution in [0.3, 0.4) is 0 Å². The number of esters is 1. The van der Waals surface area contributed by atoms with Crippen LogP contribution in [0.15, 0.2) is 10.2 Å². The van der Waals surface area contributed by atoms with Crippen molar-refractivity contribution in [1.29, 1.82) is 0 Å². The third-order valence-corrected chi connectivity index (χ3v) is 3.59. The van der Waals surface area contributed by atoms with E-state index in [0.717, 1.165) is 6.42 Å². The zero-order valence-corrected chi connectivity index (χ0v) is 9.13. The van der Waals surface area contributed by atoms with Crippen molar-refractivity contribution in [3.05, 3.63) is 0 Å². The normalized spacial score (nSPS) is 42.9. The molecule has 2 aliphatic rings. The molecule has 78 valence electrons. The van der Waals surface area contributed by atoms with Gasteiger partial charge in [-0.05, 0) is 18.8 Å². The summed E-state index contributed by atoms with van der Waals surface area (Å²) in [5.74, 6) is -0.277. The summed E-state index contributed by atoms with van der Waals surface area (Å²) in [4.78, 5) is 11.5. The molecule has 2 atom stereocenters. The summed E-state index contributed by atoms with van der Waals surface area (Å²) in [6, 6.07) is 0. The molecule has 1 aliphatic carbocycles. The van der Waals surface area contributed by atoms with Gasteiger partial charge in [0.2, 0.25) is 0 Å². The number of ether oxygens (including phenoxy) is 1. The van der Waals surface area contributed by atoms with Crippen LogP contribution in [-0.4, -0.2) is 24.2 Å². The quantitative estimate of drug-likeness (QED) is 0.602. The fourth-order valence-electron chi connectivity index (χ4n) is 2.34. The molecule has 1 heterocycles. The highest BCUT2D eigenvalue weighted by atomic mass is 16.5. The molecule has 1 saturated carbocycles. The standard InChI is InChI=1S/C10H16N2O2/c1-8(2)5-10(8)6-9(3,11-12-10)7(13)14-4/h5-6H2,1-4H3/t9-,10+/m1/s1. The molecule has 0 amide bonds. The number of hydrogen-bond donors (Lipinski definition) is 0. The molecule has 4 nitrogen and oxygen atoms in total. The third kappa shape index (κ3) is 1.03. The maximum Gasteiger partial charge on any atom is 0.335 e. The number of carbonyl (C=O) groups excluding carboxylic acids is 1. The van der Waals surface area contributed by atoms with Crippen molar-refractivity contribution < 1.29 is 9.53 Å². The van der Waals surface area contributed by atoms with Crippen LogP contribution in [0.25, 0.3) is 0 Å². The van der Waals surface area contributed by atoms with Crippen LogP contribution in [0, 0.1) is 5.41 Å². The van der Waals surface area contributed by atoms with E-state index in [4.69, 9.17) is 4.74 Å². The predicted molar refractivity (Wildman–Crippen MR) is 51.0 cm³/mol. The first-order valence-electron chi connectivity index (χ1n) is 4.88. The summed E-state index contributed by atoms with van der Waals surface area (Å²) in [6.07, 6.45) is 1.72. The van der Waals surface area contributed by atoms with Gasteiger partial charge in [-0.1, -0.05) is 13.8 Å². The van der Waals surface area contributed by atoms with Gasteiger partial charge in [0, 0.05) is 6.42 Å². The molecule has 14 heavy (non-hydrogen) atoms. The zero-order chi connectivity index (χ0) is 10.6. The van der Waals surface area contributed by atoms with Gasteiger partial charge in [-0.15, -0.1) is 0 Å². The fraction of sp³-hybridized carbons (Fsp3) is 0.900. The third-order valence-electron chi connectivity index (χ3n) is 3.59. The Balaban J connectivity index is 2.18. The first kappa shape index (κ1) is 9.62. The number of rotatable bonds is 1. The summed E-state index contributed by atoms with van der Waals surface area (Å²) in [6.45, 7) is 6.12. The van der Waals surface area contributed by atoms with Crippen molar-refractivity contribution in [1.82, 2.24) is 0 Å². The smallest absolute Gasteiger partial charge is 0.335 e. The van der Waals surface area contributed by atoms with E-state index in [2.05, 4.69) is 24.1 Å². The van der Waals surface area contributed by atoms with E-state index < -0.39 is 5.54 Å². The van der Waals surface area contributed by atoms with Gasteiger partial charge >= 0.3 is 5.97 Å². The molecule has 0 saturated heterocycles. The van der Waals surface area contributed by atoms with Crippen molar-refractivity contribution in [3.8, 4) is 0 Å². The average Bonchev–Trinajstić information content (AvgIpc) is 2.44. The van der Waals surface area contributed by atoms with Crippen molar-refractivity contribution in [2.75, 3.05) is 7.11 Å². The molecule has 0 aromatic carbocycles. The van der Waals surface area contributed by atoms with Crippen LogP contribution in [0.1, 0.15) is 33.6 Å². The fourth-order valence-corrected chi connectivity index (χ4v) is 2.34. The molecule has 0 bridgehead atoms. The summed E-state index contributed by atoms with van der Waals surface area (Å²) in [5, 5.41) is 8.38. The maximum absolute atomic E-state index is 11.5. The Hall–Kier alpha value is -0.930. The minimum absolute atomic E-state index is 0.0874. The van der Waals surface area contributed by atoms with Crippen molar-refractivity contribution >= 4 is 5.97 Å². The minimum Gasteiger partial charge on any atom is -0.467 e.